The zero-order chi connectivity index (χ0) is 19.5. The minimum atomic E-state index is -3.23. The molecule has 1 N–H and O–H groups in total. The average Bonchev–Trinajstić information content (AvgIpc) is 3.18. The lowest BCUT2D eigenvalue weighted by Gasteiger charge is -2.14. The van der Waals surface area contributed by atoms with E-state index in [1.165, 1.54) is 0 Å². The number of nitrogens with one attached hydrogen (secondary N) is 1. The van der Waals surface area contributed by atoms with Gasteiger partial charge in [-0.25, -0.2) is 8.42 Å². The van der Waals surface area contributed by atoms with E-state index in [4.69, 9.17) is 4.52 Å². The first kappa shape index (κ1) is 20.5. The summed E-state index contributed by atoms with van der Waals surface area (Å²) in [5.74, 6) is -0.480. The molecular formula is C17H27N3O5S. The fourth-order valence-corrected chi connectivity index (χ4v) is 4.09. The Bertz CT molecular complexity index is 760. The van der Waals surface area contributed by atoms with Gasteiger partial charge in [-0.3, -0.25) is 9.59 Å². The maximum atomic E-state index is 12.5. The second kappa shape index (κ2) is 7.85. The van der Waals surface area contributed by atoms with E-state index in [-0.39, 0.29) is 35.2 Å². The van der Waals surface area contributed by atoms with Crippen LogP contribution in [0.1, 0.15) is 69.9 Å². The van der Waals surface area contributed by atoms with Crippen molar-refractivity contribution in [2.24, 2.45) is 5.92 Å². The van der Waals surface area contributed by atoms with Crippen LogP contribution in [0.25, 0.3) is 0 Å². The standard InChI is InChI=1S/C17H27N3O5S/c1-5-12(14(22)15-19-16(20-25-15)17(2,3)4)18-13(21)8-9-26(23,24)10-11-6-7-11/h11-12H,5-10H2,1-4H3,(H,18,21)/t12-/m0/s1. The highest BCUT2D eigenvalue weighted by atomic mass is 32.2. The average molecular weight is 385 g/mol. The van der Waals surface area contributed by atoms with Crippen LogP contribution in [0.3, 0.4) is 0 Å². The van der Waals surface area contributed by atoms with Crippen molar-refractivity contribution in [1.29, 1.82) is 0 Å². The van der Waals surface area contributed by atoms with Gasteiger partial charge in [0.1, 0.15) is 0 Å². The summed E-state index contributed by atoms with van der Waals surface area (Å²) in [7, 11) is -3.23. The predicted octanol–water partition coefficient (Wildman–Crippen LogP) is 1.66. The fourth-order valence-electron chi connectivity index (χ4n) is 2.37. The molecule has 2 rings (SSSR count). The van der Waals surface area contributed by atoms with E-state index in [0.717, 1.165) is 12.8 Å². The number of hydrogen-bond acceptors (Lipinski definition) is 7. The third-order valence-corrected chi connectivity index (χ3v) is 6.00. The van der Waals surface area contributed by atoms with Gasteiger partial charge in [-0.15, -0.1) is 0 Å². The Morgan fingerprint density at radius 1 is 1.31 bits per heavy atom. The lowest BCUT2D eigenvalue weighted by molar-refractivity contribution is -0.121. The van der Waals surface area contributed by atoms with Crippen LogP contribution in [0.4, 0.5) is 0 Å². The number of Topliss-reactive ketones (excluding diaryl/α,β-unsaturated/α-hetero) is 1. The third-order valence-electron chi connectivity index (χ3n) is 4.19. The van der Waals surface area contributed by atoms with Crippen LogP contribution < -0.4 is 5.32 Å². The van der Waals surface area contributed by atoms with Crippen molar-refractivity contribution in [3.63, 3.8) is 0 Å². The first-order chi connectivity index (χ1) is 12.0. The molecule has 0 aliphatic heterocycles. The number of nitrogens with zero attached hydrogens (tertiary/aromatic N) is 2. The Kier molecular flexibility index (Phi) is 6.21. The van der Waals surface area contributed by atoms with Gasteiger partial charge in [-0.1, -0.05) is 32.9 Å². The van der Waals surface area contributed by atoms with Crippen LogP contribution in [0.15, 0.2) is 4.52 Å². The zero-order valence-corrected chi connectivity index (χ0v) is 16.6. The zero-order valence-electron chi connectivity index (χ0n) is 15.7. The molecule has 146 valence electrons. The smallest absolute Gasteiger partial charge is 0.296 e. The minimum Gasteiger partial charge on any atom is -0.346 e. The van der Waals surface area contributed by atoms with Gasteiger partial charge in [0.05, 0.1) is 17.5 Å². The summed E-state index contributed by atoms with van der Waals surface area (Å²) in [5, 5.41) is 6.38. The van der Waals surface area contributed by atoms with Gasteiger partial charge in [-0.05, 0) is 25.2 Å². The topological polar surface area (TPSA) is 119 Å². The Hall–Kier alpha value is -1.77. The molecule has 0 spiro atoms. The molecule has 26 heavy (non-hydrogen) atoms. The van der Waals surface area contributed by atoms with Gasteiger partial charge in [0.2, 0.25) is 11.7 Å². The van der Waals surface area contributed by atoms with Crippen molar-refractivity contribution >= 4 is 21.5 Å². The SMILES string of the molecule is CC[C@H](NC(=O)CCS(=O)(=O)CC1CC1)C(=O)c1nc(C(C)(C)C)no1. The van der Waals surface area contributed by atoms with Crippen LogP contribution in [0.2, 0.25) is 0 Å². The van der Waals surface area contributed by atoms with E-state index in [9.17, 15) is 18.0 Å². The lowest BCUT2D eigenvalue weighted by Crippen LogP contribution is -2.41. The number of carbonyl (C=O) groups excluding carboxylic acids is 2. The van der Waals surface area contributed by atoms with Crippen molar-refractivity contribution < 1.29 is 22.5 Å². The molecule has 0 saturated heterocycles. The second-order valence-corrected chi connectivity index (χ2v) is 10.1. The molecule has 0 radical (unpaired) electrons. The first-order valence-electron chi connectivity index (χ1n) is 8.90. The number of amides is 1. The van der Waals surface area contributed by atoms with E-state index in [1.807, 2.05) is 20.8 Å². The predicted molar refractivity (Wildman–Crippen MR) is 95.5 cm³/mol. The van der Waals surface area contributed by atoms with Crippen LogP contribution in [-0.4, -0.2) is 47.8 Å². The van der Waals surface area contributed by atoms with Crippen LogP contribution >= 0.6 is 0 Å². The number of carbonyl (C=O) groups is 2. The normalized spacial score (nSPS) is 16.3. The second-order valence-electron chi connectivity index (χ2n) is 7.87. The van der Waals surface area contributed by atoms with E-state index in [1.54, 1.807) is 6.92 Å². The van der Waals surface area contributed by atoms with Gasteiger partial charge in [0.15, 0.2) is 15.7 Å². The number of hydrogen-bond donors (Lipinski definition) is 1. The summed E-state index contributed by atoms with van der Waals surface area (Å²) >= 11 is 0. The number of ketones is 1. The summed E-state index contributed by atoms with van der Waals surface area (Å²) in [6.07, 6.45) is 2.07. The van der Waals surface area contributed by atoms with Crippen molar-refractivity contribution in [2.45, 2.75) is 64.8 Å². The van der Waals surface area contributed by atoms with E-state index >= 15 is 0 Å². The Balaban J connectivity index is 1.91. The molecular weight excluding hydrogens is 358 g/mol. The molecule has 8 nitrogen and oxygen atoms in total. The molecule has 0 bridgehead atoms. The van der Waals surface area contributed by atoms with Gasteiger partial charge < -0.3 is 9.84 Å². The quantitative estimate of drug-likeness (QED) is 0.642. The molecule has 1 aromatic rings. The van der Waals surface area contributed by atoms with Crippen molar-refractivity contribution in [2.75, 3.05) is 11.5 Å². The maximum Gasteiger partial charge on any atom is 0.296 e. The minimum absolute atomic E-state index is 0.147. The van der Waals surface area contributed by atoms with E-state index in [0.29, 0.717) is 12.2 Å². The summed E-state index contributed by atoms with van der Waals surface area (Å²) in [6.45, 7) is 7.43. The Morgan fingerprint density at radius 3 is 2.46 bits per heavy atom. The molecule has 0 unspecified atom stereocenters. The van der Waals surface area contributed by atoms with Crippen LogP contribution in [-0.2, 0) is 20.0 Å². The highest BCUT2D eigenvalue weighted by Crippen LogP contribution is 2.30. The molecule has 1 aliphatic rings. The van der Waals surface area contributed by atoms with Crippen molar-refractivity contribution in [3.05, 3.63) is 11.7 Å². The number of aromatic nitrogens is 2. The highest BCUT2D eigenvalue weighted by Gasteiger charge is 2.30. The Morgan fingerprint density at radius 2 is 1.96 bits per heavy atom. The third kappa shape index (κ3) is 5.89. The van der Waals surface area contributed by atoms with Crippen LogP contribution in [0, 0.1) is 5.92 Å². The van der Waals surface area contributed by atoms with Crippen LogP contribution in [0.5, 0.6) is 0 Å². The largest absolute Gasteiger partial charge is 0.346 e. The number of sulfone groups is 1. The van der Waals surface area contributed by atoms with Gasteiger partial charge in [0.25, 0.3) is 5.89 Å². The molecule has 1 aromatic heterocycles. The molecule has 1 aliphatic carbocycles. The maximum absolute atomic E-state index is 12.5. The summed E-state index contributed by atoms with van der Waals surface area (Å²) in [6, 6.07) is -0.818. The molecule has 1 fully saturated rings. The summed E-state index contributed by atoms with van der Waals surface area (Å²) < 4.78 is 28.8. The van der Waals surface area contributed by atoms with E-state index < -0.39 is 27.6 Å². The highest BCUT2D eigenvalue weighted by molar-refractivity contribution is 7.91. The molecule has 0 aromatic carbocycles. The summed E-state index contributed by atoms with van der Waals surface area (Å²) in [5.41, 5.74) is -0.358. The lowest BCUT2D eigenvalue weighted by atomic mass is 9.96. The fraction of sp³-hybridized carbons (Fsp3) is 0.765. The molecule has 1 saturated carbocycles. The molecule has 1 atom stereocenters. The first-order valence-corrected chi connectivity index (χ1v) is 10.7. The number of rotatable bonds is 9. The van der Waals surface area contributed by atoms with Gasteiger partial charge >= 0.3 is 0 Å². The van der Waals surface area contributed by atoms with Gasteiger partial charge in [0, 0.05) is 11.8 Å². The Labute approximate surface area is 154 Å². The molecule has 1 heterocycles. The van der Waals surface area contributed by atoms with Gasteiger partial charge in [-0.2, -0.15) is 4.98 Å². The molecule has 1 amide bonds. The monoisotopic (exact) mass is 385 g/mol. The summed E-state index contributed by atoms with van der Waals surface area (Å²) in [4.78, 5) is 28.7. The van der Waals surface area contributed by atoms with E-state index in [2.05, 4.69) is 15.5 Å². The molecule has 9 heteroatoms. The van der Waals surface area contributed by atoms with Crippen molar-refractivity contribution in [3.8, 4) is 0 Å². The van der Waals surface area contributed by atoms with Crippen molar-refractivity contribution in [1.82, 2.24) is 15.5 Å².